The van der Waals surface area contributed by atoms with E-state index in [0.717, 1.165) is 0 Å². The highest BCUT2D eigenvalue weighted by atomic mass is 16.4. The van der Waals surface area contributed by atoms with Crippen molar-refractivity contribution in [2.24, 2.45) is 5.92 Å². The van der Waals surface area contributed by atoms with Crippen LogP contribution >= 0.6 is 0 Å². The summed E-state index contributed by atoms with van der Waals surface area (Å²) in [5.74, 6) is -4.60. The Balaban J connectivity index is 0.00000667. The van der Waals surface area contributed by atoms with Gasteiger partial charge in [-0.15, -0.1) is 0 Å². The lowest BCUT2D eigenvalue weighted by molar-refractivity contribution is -0.146. The molecule has 0 aliphatic carbocycles. The first-order valence-electron chi connectivity index (χ1n) is 13.1. The van der Waals surface area contributed by atoms with Gasteiger partial charge in [-0.2, -0.15) is 0 Å². The third kappa shape index (κ3) is 13.8. The monoisotopic (exact) mass is 546 g/mol. The second-order valence-electron chi connectivity index (χ2n) is 9.53. The van der Waals surface area contributed by atoms with Crippen LogP contribution < -0.4 is 0 Å². The van der Waals surface area contributed by atoms with E-state index in [0.29, 0.717) is 0 Å². The van der Waals surface area contributed by atoms with Crippen LogP contribution in [0.1, 0.15) is 47.5 Å². The van der Waals surface area contributed by atoms with Gasteiger partial charge in [0, 0.05) is 58.8 Å². The van der Waals surface area contributed by atoms with Gasteiger partial charge in [-0.25, -0.2) is 0 Å². The number of carboxylic acid groups (broad SMARTS) is 4. The minimum absolute atomic E-state index is 0.0753. The zero-order chi connectivity index (χ0) is 29.4. The van der Waals surface area contributed by atoms with Crippen LogP contribution in [0.15, 0.2) is 0 Å². The molecule has 38 heavy (non-hydrogen) atoms. The van der Waals surface area contributed by atoms with E-state index >= 15 is 0 Å². The Morgan fingerprint density at radius 1 is 0.658 bits per heavy atom. The maximum Gasteiger partial charge on any atom is 0.321 e. The van der Waals surface area contributed by atoms with Gasteiger partial charge in [0.2, 0.25) is 0 Å². The molecule has 0 spiro atoms. The van der Waals surface area contributed by atoms with Crippen molar-refractivity contribution in [2.75, 3.05) is 65.4 Å². The molecule has 1 aliphatic rings. The molecule has 0 aromatic heterocycles. The molecule has 13 nitrogen and oxygen atoms in total. The summed E-state index contributed by atoms with van der Waals surface area (Å²) in [4.78, 5) is 65.1. The molecule has 2 atom stereocenters. The second-order valence-corrected chi connectivity index (χ2v) is 9.53. The SMILES string of the molecule is CC.CC(=O)CCC(C(=O)O)N1CCN(CC(=O)O)CCN(C(C(=O)O)C(C)C)CCN(CC(=O)O)CC1. The van der Waals surface area contributed by atoms with Crippen LogP contribution in [0, 0.1) is 5.92 Å². The molecule has 4 N–H and O–H groups in total. The van der Waals surface area contributed by atoms with E-state index in [2.05, 4.69) is 0 Å². The van der Waals surface area contributed by atoms with Crippen molar-refractivity contribution >= 4 is 29.7 Å². The van der Waals surface area contributed by atoms with Crippen molar-refractivity contribution < 1.29 is 44.4 Å². The number of hydrogen-bond acceptors (Lipinski definition) is 9. The number of rotatable bonds is 12. The van der Waals surface area contributed by atoms with Crippen LogP contribution in [0.5, 0.6) is 0 Å². The zero-order valence-corrected chi connectivity index (χ0v) is 23.3. The molecule has 220 valence electrons. The molecule has 0 amide bonds. The van der Waals surface area contributed by atoms with Gasteiger partial charge in [0.25, 0.3) is 0 Å². The number of aliphatic carboxylic acids is 4. The Kier molecular flexibility index (Phi) is 17.3. The summed E-state index contributed by atoms with van der Waals surface area (Å²) in [6.07, 6.45) is 0.164. The molecular weight excluding hydrogens is 500 g/mol. The Morgan fingerprint density at radius 2 is 1.05 bits per heavy atom. The fraction of sp³-hybridized carbons (Fsp3) is 0.800. The van der Waals surface area contributed by atoms with Crippen LogP contribution in [0.4, 0.5) is 0 Å². The van der Waals surface area contributed by atoms with E-state index in [1.54, 1.807) is 33.4 Å². The molecule has 1 heterocycles. The van der Waals surface area contributed by atoms with E-state index in [1.165, 1.54) is 6.92 Å². The van der Waals surface area contributed by atoms with E-state index in [9.17, 15) is 44.4 Å². The predicted molar refractivity (Wildman–Crippen MR) is 140 cm³/mol. The van der Waals surface area contributed by atoms with Crippen molar-refractivity contribution in [1.29, 1.82) is 0 Å². The first-order valence-corrected chi connectivity index (χ1v) is 13.1. The molecule has 1 rings (SSSR count). The molecule has 0 bridgehead atoms. The summed E-state index contributed by atoms with van der Waals surface area (Å²) >= 11 is 0. The first kappa shape index (κ1) is 35.4. The van der Waals surface area contributed by atoms with Crippen molar-refractivity contribution in [3.63, 3.8) is 0 Å². The first-order chi connectivity index (χ1) is 17.8. The third-order valence-electron chi connectivity index (χ3n) is 6.31. The Labute approximate surface area is 225 Å². The standard InChI is InChI=1S/C23H40N4O9.C2H6/c1-16(2)21(23(35)36)27-12-8-24(14-19(29)30)6-10-26(18(22(33)34)5-4-17(3)28)11-7-25(9-13-27)15-20(31)32;1-2/h16,18,21H,4-15H2,1-3H3,(H,29,30)(H,31,32)(H,33,34)(H,35,36);1-2H3. The minimum Gasteiger partial charge on any atom is -0.480 e. The summed E-state index contributed by atoms with van der Waals surface area (Å²) in [6, 6.07) is -1.81. The number of Topliss-reactive ketones (excluding diaryl/α,β-unsaturated/α-hetero) is 1. The summed E-state index contributed by atoms with van der Waals surface area (Å²) in [6.45, 7) is 10.1. The molecule has 13 heteroatoms. The lowest BCUT2D eigenvalue weighted by Crippen LogP contribution is -2.54. The molecule has 1 saturated heterocycles. The average Bonchev–Trinajstić information content (AvgIpc) is 2.79. The molecule has 0 saturated carbocycles. The van der Waals surface area contributed by atoms with Crippen LogP contribution in [-0.4, -0.2) is 147 Å². The normalized spacial score (nSPS) is 18.8. The van der Waals surface area contributed by atoms with Gasteiger partial charge in [-0.3, -0.25) is 38.8 Å². The molecular formula is C25H46N4O9. The van der Waals surface area contributed by atoms with Crippen LogP contribution in [0.3, 0.4) is 0 Å². The molecule has 0 aromatic rings. The average molecular weight is 547 g/mol. The maximum absolute atomic E-state index is 12.0. The highest BCUT2D eigenvalue weighted by Gasteiger charge is 2.31. The Morgan fingerprint density at radius 3 is 1.34 bits per heavy atom. The molecule has 1 aliphatic heterocycles. The van der Waals surface area contributed by atoms with E-state index < -0.39 is 36.0 Å². The van der Waals surface area contributed by atoms with Crippen molar-refractivity contribution in [3.8, 4) is 0 Å². The smallest absolute Gasteiger partial charge is 0.321 e. The number of carboxylic acids is 4. The largest absolute Gasteiger partial charge is 0.480 e. The Bertz CT molecular complexity index is 746. The van der Waals surface area contributed by atoms with Gasteiger partial charge in [-0.05, 0) is 19.3 Å². The number of carbonyl (C=O) groups excluding carboxylic acids is 1. The minimum atomic E-state index is -1.11. The van der Waals surface area contributed by atoms with Crippen LogP contribution in [0.2, 0.25) is 0 Å². The van der Waals surface area contributed by atoms with Crippen molar-refractivity contribution in [2.45, 2.75) is 59.5 Å². The Hall–Kier alpha value is -2.61. The maximum atomic E-state index is 12.0. The summed E-state index contributed by atoms with van der Waals surface area (Å²) < 4.78 is 0. The highest BCUT2D eigenvalue weighted by molar-refractivity contribution is 5.78. The van der Waals surface area contributed by atoms with Gasteiger partial charge in [-0.1, -0.05) is 27.7 Å². The highest BCUT2D eigenvalue weighted by Crippen LogP contribution is 2.14. The summed E-state index contributed by atoms with van der Waals surface area (Å²) in [7, 11) is 0. The summed E-state index contributed by atoms with van der Waals surface area (Å²) in [5.41, 5.74) is 0. The lowest BCUT2D eigenvalue weighted by Gasteiger charge is -2.37. The van der Waals surface area contributed by atoms with Gasteiger partial charge < -0.3 is 25.2 Å². The van der Waals surface area contributed by atoms with Gasteiger partial charge >= 0.3 is 23.9 Å². The lowest BCUT2D eigenvalue weighted by atomic mass is 10.0. The van der Waals surface area contributed by atoms with Gasteiger partial charge in [0.15, 0.2) is 0 Å². The fourth-order valence-corrected chi connectivity index (χ4v) is 4.48. The number of nitrogens with zero attached hydrogens (tertiary/aromatic N) is 4. The topological polar surface area (TPSA) is 179 Å². The third-order valence-corrected chi connectivity index (χ3v) is 6.31. The van der Waals surface area contributed by atoms with Crippen LogP contribution in [-0.2, 0) is 24.0 Å². The summed E-state index contributed by atoms with van der Waals surface area (Å²) in [5, 5.41) is 38.4. The van der Waals surface area contributed by atoms with E-state index in [4.69, 9.17) is 0 Å². The van der Waals surface area contributed by atoms with Crippen LogP contribution in [0.25, 0.3) is 0 Å². The van der Waals surface area contributed by atoms with Gasteiger partial charge in [0.05, 0.1) is 13.1 Å². The quantitative estimate of drug-likeness (QED) is 0.263. The van der Waals surface area contributed by atoms with Crippen molar-refractivity contribution in [3.05, 3.63) is 0 Å². The van der Waals surface area contributed by atoms with Gasteiger partial charge in [0.1, 0.15) is 17.9 Å². The van der Waals surface area contributed by atoms with E-state index in [1.807, 2.05) is 13.8 Å². The van der Waals surface area contributed by atoms with Crippen molar-refractivity contribution in [1.82, 2.24) is 19.6 Å². The van der Waals surface area contributed by atoms with E-state index in [-0.39, 0.29) is 90.0 Å². The second kappa shape index (κ2) is 18.6. The predicted octanol–water partition coefficient (Wildman–Crippen LogP) is 0.335. The fourth-order valence-electron chi connectivity index (χ4n) is 4.48. The number of hydrogen-bond donors (Lipinski definition) is 4. The number of ketones is 1. The molecule has 0 radical (unpaired) electrons. The zero-order valence-electron chi connectivity index (χ0n) is 23.3. The number of carbonyl (C=O) groups is 5. The molecule has 1 fully saturated rings. The molecule has 2 unspecified atom stereocenters. The molecule has 0 aromatic carbocycles.